The molecule has 7 heteroatoms. The highest BCUT2D eigenvalue weighted by molar-refractivity contribution is 7.98. The van der Waals surface area contributed by atoms with Crippen molar-refractivity contribution in [3.8, 4) is 6.07 Å². The van der Waals surface area contributed by atoms with E-state index in [1.807, 2.05) is 6.26 Å². The monoisotopic (exact) mass is 314 g/mol. The van der Waals surface area contributed by atoms with Crippen molar-refractivity contribution < 1.29 is 12.8 Å². The lowest BCUT2D eigenvalue weighted by molar-refractivity contribution is 0.464. The first kappa shape index (κ1) is 15.3. The SMILES string of the molecule is CSC[C@H]1CCN(S(=O)(=O)c2cccc(F)c2C#N)C1. The van der Waals surface area contributed by atoms with Crippen molar-refractivity contribution in [2.24, 2.45) is 5.92 Å². The third kappa shape index (κ3) is 2.82. The summed E-state index contributed by atoms with van der Waals surface area (Å²) < 4.78 is 39.9. The van der Waals surface area contributed by atoms with Gasteiger partial charge in [0.25, 0.3) is 0 Å². The van der Waals surface area contributed by atoms with Crippen LogP contribution in [-0.4, -0.2) is 37.8 Å². The third-order valence-corrected chi connectivity index (χ3v) is 6.07. The molecule has 0 unspecified atom stereocenters. The Hall–Kier alpha value is -1.10. The zero-order valence-corrected chi connectivity index (χ0v) is 12.7. The predicted octanol–water partition coefficient (Wildman–Crippen LogP) is 2.07. The van der Waals surface area contributed by atoms with Crippen molar-refractivity contribution in [1.29, 1.82) is 5.26 Å². The highest BCUT2D eigenvalue weighted by Gasteiger charge is 2.34. The van der Waals surface area contributed by atoms with Gasteiger partial charge in [0.1, 0.15) is 22.3 Å². The number of thioether (sulfide) groups is 1. The van der Waals surface area contributed by atoms with Gasteiger partial charge in [-0.15, -0.1) is 0 Å². The molecule has 4 nitrogen and oxygen atoms in total. The van der Waals surface area contributed by atoms with Gasteiger partial charge in [0.15, 0.2) is 0 Å². The molecule has 0 saturated carbocycles. The zero-order chi connectivity index (χ0) is 14.8. The molecule has 0 radical (unpaired) electrons. The number of sulfonamides is 1. The third-order valence-electron chi connectivity index (χ3n) is 3.36. The van der Waals surface area contributed by atoms with Gasteiger partial charge < -0.3 is 0 Å². The maximum absolute atomic E-state index is 13.6. The van der Waals surface area contributed by atoms with E-state index in [1.54, 1.807) is 17.8 Å². The van der Waals surface area contributed by atoms with Crippen LogP contribution in [-0.2, 0) is 10.0 Å². The van der Waals surface area contributed by atoms with Crippen LogP contribution in [0.3, 0.4) is 0 Å². The molecule has 1 fully saturated rings. The fourth-order valence-electron chi connectivity index (χ4n) is 2.35. The van der Waals surface area contributed by atoms with E-state index in [4.69, 9.17) is 5.26 Å². The lowest BCUT2D eigenvalue weighted by Gasteiger charge is -2.17. The molecule has 2 rings (SSSR count). The molecule has 1 saturated heterocycles. The van der Waals surface area contributed by atoms with Gasteiger partial charge in [-0.1, -0.05) is 6.07 Å². The van der Waals surface area contributed by atoms with Crippen LogP contribution in [0, 0.1) is 23.1 Å². The van der Waals surface area contributed by atoms with Gasteiger partial charge in [-0.3, -0.25) is 0 Å². The van der Waals surface area contributed by atoms with E-state index >= 15 is 0 Å². The molecule has 0 bridgehead atoms. The fraction of sp³-hybridized carbons (Fsp3) is 0.462. The molecule has 1 aromatic rings. The second-order valence-electron chi connectivity index (χ2n) is 4.70. The lowest BCUT2D eigenvalue weighted by atomic mass is 10.2. The molecule has 1 aliphatic rings. The van der Waals surface area contributed by atoms with Crippen molar-refractivity contribution in [1.82, 2.24) is 4.31 Å². The number of nitrogens with zero attached hydrogens (tertiary/aromatic N) is 2. The highest BCUT2D eigenvalue weighted by Crippen LogP contribution is 2.28. The Morgan fingerprint density at radius 3 is 2.95 bits per heavy atom. The average molecular weight is 314 g/mol. The van der Waals surface area contributed by atoms with Crippen molar-refractivity contribution in [2.75, 3.05) is 25.1 Å². The number of hydrogen-bond donors (Lipinski definition) is 0. The molecule has 108 valence electrons. The Morgan fingerprint density at radius 1 is 1.55 bits per heavy atom. The average Bonchev–Trinajstić information content (AvgIpc) is 2.88. The van der Waals surface area contributed by atoms with Crippen LogP contribution in [0.4, 0.5) is 4.39 Å². The molecular formula is C13H15FN2O2S2. The molecule has 0 amide bonds. The van der Waals surface area contributed by atoms with Crippen molar-refractivity contribution >= 4 is 21.8 Å². The number of halogens is 1. The second kappa shape index (κ2) is 6.12. The summed E-state index contributed by atoms with van der Waals surface area (Å²) in [6.45, 7) is 0.861. The molecule has 0 N–H and O–H groups in total. The number of hydrogen-bond acceptors (Lipinski definition) is 4. The first-order valence-electron chi connectivity index (χ1n) is 6.18. The minimum absolute atomic E-state index is 0.232. The molecule has 1 heterocycles. The maximum Gasteiger partial charge on any atom is 0.244 e. The maximum atomic E-state index is 13.6. The predicted molar refractivity (Wildman–Crippen MR) is 76.4 cm³/mol. The number of nitriles is 1. The van der Waals surface area contributed by atoms with Crippen LogP contribution in [0.15, 0.2) is 23.1 Å². The Bertz CT molecular complexity index is 640. The smallest absolute Gasteiger partial charge is 0.207 e. The van der Waals surface area contributed by atoms with Crippen LogP contribution in [0.2, 0.25) is 0 Å². The largest absolute Gasteiger partial charge is 0.244 e. The van der Waals surface area contributed by atoms with Gasteiger partial charge in [0, 0.05) is 13.1 Å². The minimum atomic E-state index is -3.79. The normalized spacial score (nSPS) is 19.9. The topological polar surface area (TPSA) is 61.2 Å². The summed E-state index contributed by atoms with van der Waals surface area (Å²) in [4.78, 5) is -0.232. The Balaban J connectivity index is 2.33. The molecular weight excluding hydrogens is 299 g/mol. The van der Waals surface area contributed by atoms with Crippen molar-refractivity contribution in [3.63, 3.8) is 0 Å². The number of benzene rings is 1. The van der Waals surface area contributed by atoms with Gasteiger partial charge in [-0.05, 0) is 36.5 Å². The Kier molecular flexibility index (Phi) is 4.68. The summed E-state index contributed by atoms with van der Waals surface area (Å²) in [5.41, 5.74) is -0.402. The first-order valence-corrected chi connectivity index (χ1v) is 9.01. The van der Waals surface area contributed by atoms with Crippen LogP contribution in [0.1, 0.15) is 12.0 Å². The van der Waals surface area contributed by atoms with Gasteiger partial charge in [-0.2, -0.15) is 21.3 Å². The molecule has 1 atom stereocenters. The summed E-state index contributed by atoms with van der Waals surface area (Å²) in [5, 5.41) is 8.97. The Morgan fingerprint density at radius 2 is 2.30 bits per heavy atom. The van der Waals surface area contributed by atoms with Gasteiger partial charge >= 0.3 is 0 Å². The van der Waals surface area contributed by atoms with Crippen molar-refractivity contribution in [2.45, 2.75) is 11.3 Å². The van der Waals surface area contributed by atoms with Gasteiger partial charge in [0.2, 0.25) is 10.0 Å². The van der Waals surface area contributed by atoms with E-state index in [2.05, 4.69) is 0 Å². The summed E-state index contributed by atoms with van der Waals surface area (Å²) >= 11 is 1.68. The first-order chi connectivity index (χ1) is 9.50. The van der Waals surface area contributed by atoms with E-state index in [9.17, 15) is 12.8 Å². The van der Waals surface area contributed by atoms with E-state index in [-0.39, 0.29) is 4.90 Å². The van der Waals surface area contributed by atoms with Gasteiger partial charge in [-0.25, -0.2) is 12.8 Å². The van der Waals surface area contributed by atoms with Crippen LogP contribution in [0.25, 0.3) is 0 Å². The van der Waals surface area contributed by atoms with Crippen molar-refractivity contribution in [3.05, 3.63) is 29.6 Å². The molecule has 1 aromatic carbocycles. The standard InChI is InChI=1S/C13H15FN2O2S2/c1-19-9-10-5-6-16(8-10)20(17,18)13-4-2-3-12(14)11(13)7-15/h2-4,10H,5-6,8-9H2,1H3/t10-/m0/s1. The van der Waals surface area contributed by atoms with Gasteiger partial charge in [0.05, 0.1) is 0 Å². The van der Waals surface area contributed by atoms with Crippen LogP contribution in [0.5, 0.6) is 0 Å². The minimum Gasteiger partial charge on any atom is -0.207 e. The lowest BCUT2D eigenvalue weighted by Crippen LogP contribution is -2.30. The van der Waals surface area contributed by atoms with Crippen LogP contribution < -0.4 is 0 Å². The van der Waals surface area contributed by atoms with E-state index < -0.39 is 21.4 Å². The van der Waals surface area contributed by atoms with E-state index in [0.717, 1.165) is 18.2 Å². The summed E-state index contributed by atoms with van der Waals surface area (Å²) in [6, 6.07) is 5.35. The van der Waals surface area contributed by atoms with E-state index in [1.165, 1.54) is 16.4 Å². The molecule has 0 aromatic heterocycles. The second-order valence-corrected chi connectivity index (χ2v) is 7.51. The molecule has 20 heavy (non-hydrogen) atoms. The quantitative estimate of drug-likeness (QED) is 0.853. The highest BCUT2D eigenvalue weighted by atomic mass is 32.2. The number of rotatable bonds is 4. The summed E-state index contributed by atoms with van der Waals surface area (Å²) in [6.07, 6.45) is 2.79. The molecule has 0 spiro atoms. The molecule has 1 aliphatic heterocycles. The zero-order valence-electron chi connectivity index (χ0n) is 11.0. The summed E-state index contributed by atoms with van der Waals surface area (Å²) in [7, 11) is -3.79. The van der Waals surface area contributed by atoms with E-state index in [0.29, 0.717) is 19.0 Å². The molecule has 0 aliphatic carbocycles. The summed E-state index contributed by atoms with van der Waals surface area (Å²) in [5.74, 6) is 0.424. The fourth-order valence-corrected chi connectivity index (χ4v) is 4.78. The van der Waals surface area contributed by atoms with Crippen LogP contribution >= 0.6 is 11.8 Å². The Labute approximate surface area is 122 Å².